The van der Waals surface area contributed by atoms with Gasteiger partial charge in [0.25, 0.3) is 11.8 Å². The Morgan fingerprint density at radius 1 is 0.786 bits per heavy atom. The summed E-state index contributed by atoms with van der Waals surface area (Å²) >= 11 is 11.9. The predicted molar refractivity (Wildman–Crippen MR) is 112 cm³/mol. The molecule has 5 nitrogen and oxygen atoms in total. The van der Waals surface area contributed by atoms with Crippen LogP contribution in [-0.2, 0) is 0 Å². The first-order chi connectivity index (χ1) is 13.5. The van der Waals surface area contributed by atoms with Crippen molar-refractivity contribution in [1.29, 1.82) is 0 Å². The van der Waals surface area contributed by atoms with Gasteiger partial charge < -0.3 is 15.4 Å². The summed E-state index contributed by atoms with van der Waals surface area (Å²) in [5.41, 5.74) is 1.73. The lowest BCUT2D eigenvalue weighted by Crippen LogP contribution is -2.15. The fraction of sp³-hybridized carbons (Fsp3) is 0.0476. The maximum absolute atomic E-state index is 12.5. The molecule has 0 radical (unpaired) electrons. The molecular formula is C21H16Cl2N2O3. The third kappa shape index (κ3) is 4.63. The highest BCUT2D eigenvalue weighted by molar-refractivity contribution is 6.42. The van der Waals surface area contributed by atoms with E-state index in [9.17, 15) is 9.59 Å². The number of benzene rings is 3. The molecule has 0 saturated heterocycles. The molecule has 142 valence electrons. The van der Waals surface area contributed by atoms with Crippen molar-refractivity contribution in [2.45, 2.75) is 0 Å². The van der Waals surface area contributed by atoms with Crippen LogP contribution in [0.5, 0.6) is 5.75 Å². The molecule has 0 aliphatic heterocycles. The number of para-hydroxylation sites is 1. The van der Waals surface area contributed by atoms with E-state index in [-0.39, 0.29) is 10.9 Å². The molecule has 0 aliphatic carbocycles. The molecule has 3 rings (SSSR count). The smallest absolute Gasteiger partial charge is 0.255 e. The Morgan fingerprint density at radius 2 is 1.43 bits per heavy atom. The molecule has 3 aromatic rings. The number of anilines is 2. The maximum Gasteiger partial charge on any atom is 0.255 e. The number of halogens is 2. The van der Waals surface area contributed by atoms with Crippen LogP contribution in [-0.4, -0.2) is 18.9 Å². The van der Waals surface area contributed by atoms with Crippen molar-refractivity contribution in [1.82, 2.24) is 0 Å². The van der Waals surface area contributed by atoms with E-state index in [1.165, 1.54) is 13.2 Å². The normalized spacial score (nSPS) is 10.2. The Labute approximate surface area is 172 Å². The average Bonchev–Trinajstić information content (AvgIpc) is 2.70. The van der Waals surface area contributed by atoms with Crippen LogP contribution in [0.3, 0.4) is 0 Å². The molecule has 3 aromatic carbocycles. The lowest BCUT2D eigenvalue weighted by Gasteiger charge is -2.13. The van der Waals surface area contributed by atoms with Gasteiger partial charge in [-0.25, -0.2) is 0 Å². The minimum atomic E-state index is -0.405. The van der Waals surface area contributed by atoms with E-state index in [1.807, 2.05) is 18.2 Å². The Kier molecular flexibility index (Phi) is 6.19. The lowest BCUT2D eigenvalue weighted by molar-refractivity contribution is 0.101. The molecule has 0 atom stereocenters. The molecule has 0 fully saturated rings. The molecule has 0 aliphatic rings. The molecular weight excluding hydrogens is 399 g/mol. The van der Waals surface area contributed by atoms with Gasteiger partial charge in [-0.2, -0.15) is 0 Å². The van der Waals surface area contributed by atoms with Crippen LogP contribution in [0.1, 0.15) is 20.7 Å². The summed E-state index contributed by atoms with van der Waals surface area (Å²) in [7, 11) is 1.48. The van der Waals surface area contributed by atoms with Crippen molar-refractivity contribution in [3.05, 3.63) is 87.9 Å². The third-order valence-corrected chi connectivity index (χ3v) is 4.66. The summed E-state index contributed by atoms with van der Waals surface area (Å²) in [6.45, 7) is 0. The van der Waals surface area contributed by atoms with Gasteiger partial charge in [0.2, 0.25) is 0 Å². The van der Waals surface area contributed by atoms with Crippen LogP contribution in [0, 0.1) is 0 Å². The van der Waals surface area contributed by atoms with E-state index in [4.69, 9.17) is 27.9 Å². The number of methoxy groups -OCH3 is 1. The summed E-state index contributed by atoms with van der Waals surface area (Å²) in [4.78, 5) is 25.1. The van der Waals surface area contributed by atoms with Crippen LogP contribution in [0.2, 0.25) is 10.0 Å². The van der Waals surface area contributed by atoms with E-state index in [0.29, 0.717) is 33.3 Å². The zero-order valence-corrected chi connectivity index (χ0v) is 16.3. The highest BCUT2D eigenvalue weighted by Crippen LogP contribution is 2.28. The summed E-state index contributed by atoms with van der Waals surface area (Å²) < 4.78 is 5.28. The van der Waals surface area contributed by atoms with Crippen molar-refractivity contribution >= 4 is 46.4 Å². The third-order valence-electron chi connectivity index (χ3n) is 3.92. The fourth-order valence-corrected chi connectivity index (χ4v) is 2.80. The fourth-order valence-electron chi connectivity index (χ4n) is 2.50. The largest absolute Gasteiger partial charge is 0.495 e. The predicted octanol–water partition coefficient (Wildman–Crippen LogP) is 5.51. The molecule has 0 saturated carbocycles. The van der Waals surface area contributed by atoms with Gasteiger partial charge in [-0.05, 0) is 48.5 Å². The molecule has 0 spiro atoms. The highest BCUT2D eigenvalue weighted by atomic mass is 35.5. The van der Waals surface area contributed by atoms with Gasteiger partial charge in [-0.15, -0.1) is 0 Å². The van der Waals surface area contributed by atoms with Crippen molar-refractivity contribution in [2.75, 3.05) is 17.7 Å². The second-order valence-corrected chi connectivity index (χ2v) is 6.63. The summed E-state index contributed by atoms with van der Waals surface area (Å²) in [5.74, 6) is -0.291. The zero-order valence-electron chi connectivity index (χ0n) is 14.8. The second-order valence-electron chi connectivity index (χ2n) is 5.82. The van der Waals surface area contributed by atoms with Crippen LogP contribution in [0.4, 0.5) is 11.4 Å². The van der Waals surface area contributed by atoms with Crippen LogP contribution < -0.4 is 15.4 Å². The monoisotopic (exact) mass is 414 g/mol. The molecule has 7 heteroatoms. The molecule has 0 unspecified atom stereocenters. The Morgan fingerprint density at radius 3 is 2.11 bits per heavy atom. The Bertz CT molecular complexity index is 1020. The van der Waals surface area contributed by atoms with Gasteiger partial charge in [0.15, 0.2) is 0 Å². The number of hydrogen-bond donors (Lipinski definition) is 2. The van der Waals surface area contributed by atoms with Gasteiger partial charge in [-0.3, -0.25) is 9.59 Å². The number of hydrogen-bond acceptors (Lipinski definition) is 3. The number of ether oxygens (including phenoxy) is 1. The first-order valence-electron chi connectivity index (χ1n) is 8.29. The van der Waals surface area contributed by atoms with Crippen molar-refractivity contribution in [2.24, 2.45) is 0 Å². The van der Waals surface area contributed by atoms with E-state index in [1.54, 1.807) is 42.5 Å². The van der Waals surface area contributed by atoms with Gasteiger partial charge in [-0.1, -0.05) is 41.4 Å². The zero-order chi connectivity index (χ0) is 20.1. The molecule has 0 heterocycles. The van der Waals surface area contributed by atoms with Gasteiger partial charge in [0.1, 0.15) is 5.75 Å². The minimum Gasteiger partial charge on any atom is -0.495 e. The van der Waals surface area contributed by atoms with Gasteiger partial charge in [0, 0.05) is 16.8 Å². The lowest BCUT2D eigenvalue weighted by atomic mass is 10.1. The first-order valence-corrected chi connectivity index (χ1v) is 9.04. The highest BCUT2D eigenvalue weighted by Gasteiger charge is 2.14. The molecule has 0 bridgehead atoms. The van der Waals surface area contributed by atoms with Crippen molar-refractivity contribution < 1.29 is 14.3 Å². The molecule has 2 N–H and O–H groups in total. The van der Waals surface area contributed by atoms with Crippen LogP contribution in [0.25, 0.3) is 0 Å². The van der Waals surface area contributed by atoms with E-state index < -0.39 is 5.91 Å². The number of amides is 2. The Hall–Kier alpha value is -3.02. The maximum atomic E-state index is 12.5. The summed E-state index contributed by atoms with van der Waals surface area (Å²) in [6.07, 6.45) is 0. The number of rotatable bonds is 5. The molecule has 2 amide bonds. The second kappa shape index (κ2) is 8.78. The standard InChI is InChI=1S/C21H16Cl2N2O3/c1-28-19-10-8-14(20(26)24-15-5-3-2-4-6-15)12-18(19)25-21(27)13-7-9-16(22)17(23)11-13/h2-12H,1H3,(H,24,26)(H,25,27). The minimum absolute atomic E-state index is 0.275. The number of carbonyl (C=O) groups excluding carboxylic acids is 2. The van der Waals surface area contributed by atoms with E-state index in [0.717, 1.165) is 0 Å². The number of nitrogens with one attached hydrogen (secondary N) is 2. The number of carbonyl (C=O) groups is 2. The quantitative estimate of drug-likeness (QED) is 0.578. The summed E-state index contributed by atoms with van der Waals surface area (Å²) in [5, 5.41) is 6.17. The molecule has 28 heavy (non-hydrogen) atoms. The van der Waals surface area contributed by atoms with E-state index >= 15 is 0 Å². The molecule has 0 aromatic heterocycles. The summed E-state index contributed by atoms with van der Waals surface area (Å²) in [6, 6.07) is 18.4. The van der Waals surface area contributed by atoms with Gasteiger partial charge >= 0.3 is 0 Å². The van der Waals surface area contributed by atoms with Gasteiger partial charge in [0.05, 0.1) is 22.8 Å². The van der Waals surface area contributed by atoms with Crippen molar-refractivity contribution in [3.8, 4) is 5.75 Å². The Balaban J connectivity index is 1.83. The van der Waals surface area contributed by atoms with E-state index in [2.05, 4.69) is 10.6 Å². The van der Waals surface area contributed by atoms with Crippen molar-refractivity contribution in [3.63, 3.8) is 0 Å². The van der Waals surface area contributed by atoms with Crippen LogP contribution >= 0.6 is 23.2 Å². The SMILES string of the molecule is COc1ccc(C(=O)Nc2ccccc2)cc1NC(=O)c1ccc(Cl)c(Cl)c1. The topological polar surface area (TPSA) is 67.4 Å². The average molecular weight is 415 g/mol. The van der Waals surface area contributed by atoms with Crippen LogP contribution in [0.15, 0.2) is 66.7 Å². The first kappa shape index (κ1) is 19.7.